The summed E-state index contributed by atoms with van der Waals surface area (Å²) < 4.78 is 50.7. The van der Waals surface area contributed by atoms with Crippen LogP contribution in [0, 0.1) is 17.5 Å². The number of hydrogen-bond acceptors (Lipinski definition) is 6. The number of nitrogens with one attached hydrogen (secondary N) is 2. The van der Waals surface area contributed by atoms with Gasteiger partial charge >= 0.3 is 0 Å². The Balaban J connectivity index is 1.54. The molecule has 0 aliphatic carbocycles. The fraction of sp³-hybridized carbons (Fsp3) is 0.158. The van der Waals surface area contributed by atoms with Crippen molar-refractivity contribution in [3.05, 3.63) is 66.2 Å². The Bertz CT molecular complexity index is 939. The summed E-state index contributed by atoms with van der Waals surface area (Å²) in [6, 6.07) is 10.6. The fourth-order valence-electron chi connectivity index (χ4n) is 2.30. The Hall–Kier alpha value is -3.49. The van der Waals surface area contributed by atoms with Gasteiger partial charge in [0.05, 0.1) is 19.3 Å². The van der Waals surface area contributed by atoms with E-state index >= 15 is 0 Å². The molecule has 28 heavy (non-hydrogen) atoms. The maximum atomic E-state index is 13.7. The van der Waals surface area contributed by atoms with Crippen LogP contribution in [-0.2, 0) is 0 Å². The van der Waals surface area contributed by atoms with Crippen molar-refractivity contribution < 1.29 is 22.6 Å². The van der Waals surface area contributed by atoms with E-state index in [2.05, 4.69) is 20.6 Å². The van der Waals surface area contributed by atoms with Gasteiger partial charge in [0, 0.05) is 6.07 Å². The Morgan fingerprint density at radius 3 is 2.36 bits per heavy atom. The van der Waals surface area contributed by atoms with Crippen LogP contribution in [0.1, 0.15) is 0 Å². The minimum absolute atomic E-state index is 0.221. The molecule has 1 heterocycles. The number of benzene rings is 2. The van der Waals surface area contributed by atoms with Crippen molar-refractivity contribution in [2.24, 2.45) is 0 Å². The molecule has 6 nitrogen and oxygen atoms in total. The summed E-state index contributed by atoms with van der Waals surface area (Å²) >= 11 is 0. The lowest BCUT2D eigenvalue weighted by molar-refractivity contribution is 0.331. The first kappa shape index (κ1) is 19.3. The number of anilines is 3. The van der Waals surface area contributed by atoms with Crippen LogP contribution in [0.5, 0.6) is 11.5 Å². The van der Waals surface area contributed by atoms with Gasteiger partial charge in [0.1, 0.15) is 36.1 Å². The highest BCUT2D eigenvalue weighted by Gasteiger charge is 2.13. The fourth-order valence-corrected chi connectivity index (χ4v) is 2.30. The van der Waals surface area contributed by atoms with Crippen LogP contribution in [-0.4, -0.2) is 30.2 Å². The zero-order valence-corrected chi connectivity index (χ0v) is 14.9. The number of methoxy groups -OCH3 is 1. The molecule has 0 fully saturated rings. The Kier molecular flexibility index (Phi) is 6.15. The van der Waals surface area contributed by atoms with E-state index in [1.165, 1.54) is 12.4 Å². The van der Waals surface area contributed by atoms with Crippen molar-refractivity contribution in [3.8, 4) is 11.5 Å². The predicted molar refractivity (Wildman–Crippen MR) is 98.6 cm³/mol. The first-order valence-corrected chi connectivity index (χ1v) is 8.30. The zero-order valence-electron chi connectivity index (χ0n) is 14.9. The molecule has 2 aromatic carbocycles. The summed E-state index contributed by atoms with van der Waals surface area (Å²) in [4.78, 5) is 7.97. The van der Waals surface area contributed by atoms with Crippen molar-refractivity contribution in [2.75, 3.05) is 30.9 Å². The van der Waals surface area contributed by atoms with Crippen molar-refractivity contribution in [3.63, 3.8) is 0 Å². The number of aromatic nitrogens is 2. The van der Waals surface area contributed by atoms with E-state index in [-0.39, 0.29) is 11.5 Å². The van der Waals surface area contributed by atoms with E-state index in [4.69, 9.17) is 9.47 Å². The first-order valence-electron chi connectivity index (χ1n) is 8.30. The highest BCUT2D eigenvalue weighted by Crippen LogP contribution is 2.23. The molecule has 0 aliphatic rings. The minimum Gasteiger partial charge on any atom is -0.497 e. The normalized spacial score (nSPS) is 10.4. The van der Waals surface area contributed by atoms with Crippen molar-refractivity contribution in [1.82, 2.24) is 9.97 Å². The second-order valence-corrected chi connectivity index (χ2v) is 5.59. The molecule has 0 unspecified atom stereocenters. The van der Waals surface area contributed by atoms with Crippen LogP contribution in [0.25, 0.3) is 0 Å². The lowest BCUT2D eigenvalue weighted by Crippen LogP contribution is -2.12. The van der Waals surface area contributed by atoms with Gasteiger partial charge in [0.15, 0.2) is 17.5 Å². The highest BCUT2D eigenvalue weighted by molar-refractivity contribution is 5.59. The standard InChI is InChI=1S/C19H17F3N4O2/c1-27-12-2-4-13(5-3-12)28-9-8-23-16-10-17(25-11-24-16)26-15-7-6-14(20)18(21)19(15)22/h2-7,10-11H,8-9H2,1H3,(H2,23,24,25,26). The molecule has 146 valence electrons. The molecule has 0 radical (unpaired) electrons. The first-order chi connectivity index (χ1) is 13.6. The minimum atomic E-state index is -1.55. The third-order valence-corrected chi connectivity index (χ3v) is 3.70. The second kappa shape index (κ2) is 8.94. The number of ether oxygens (including phenoxy) is 2. The second-order valence-electron chi connectivity index (χ2n) is 5.59. The summed E-state index contributed by atoms with van der Waals surface area (Å²) in [7, 11) is 1.59. The molecule has 1 aromatic heterocycles. The number of hydrogen-bond donors (Lipinski definition) is 2. The zero-order chi connectivity index (χ0) is 19.9. The third-order valence-electron chi connectivity index (χ3n) is 3.70. The molecule has 9 heteroatoms. The third kappa shape index (κ3) is 4.81. The molecule has 0 atom stereocenters. The summed E-state index contributed by atoms with van der Waals surface area (Å²) in [6.45, 7) is 0.818. The average Bonchev–Trinajstić information content (AvgIpc) is 2.72. The van der Waals surface area contributed by atoms with Gasteiger partial charge in [-0.15, -0.1) is 0 Å². The van der Waals surface area contributed by atoms with Crippen molar-refractivity contribution >= 4 is 17.3 Å². The molecule has 0 amide bonds. The quantitative estimate of drug-likeness (QED) is 0.445. The summed E-state index contributed by atoms with van der Waals surface area (Å²) in [5.41, 5.74) is -0.230. The van der Waals surface area contributed by atoms with Crippen molar-refractivity contribution in [2.45, 2.75) is 0 Å². The lowest BCUT2D eigenvalue weighted by Gasteiger charge is -2.10. The summed E-state index contributed by atoms with van der Waals surface area (Å²) in [6.07, 6.45) is 1.26. The maximum Gasteiger partial charge on any atom is 0.196 e. The monoisotopic (exact) mass is 390 g/mol. The highest BCUT2D eigenvalue weighted by atomic mass is 19.2. The lowest BCUT2D eigenvalue weighted by atomic mass is 10.3. The molecule has 0 saturated heterocycles. The molecule has 3 aromatic rings. The van der Waals surface area contributed by atoms with E-state index in [1.54, 1.807) is 31.4 Å². The van der Waals surface area contributed by atoms with E-state index < -0.39 is 17.5 Å². The number of rotatable bonds is 8. The van der Waals surface area contributed by atoms with E-state index in [9.17, 15) is 13.2 Å². The van der Waals surface area contributed by atoms with Gasteiger partial charge in [-0.25, -0.2) is 23.1 Å². The number of halogens is 3. The molecule has 0 saturated carbocycles. The Morgan fingerprint density at radius 1 is 0.893 bits per heavy atom. The molecular formula is C19H17F3N4O2. The van der Waals surface area contributed by atoms with Gasteiger partial charge in [0.25, 0.3) is 0 Å². The Morgan fingerprint density at radius 2 is 1.61 bits per heavy atom. The largest absolute Gasteiger partial charge is 0.497 e. The molecule has 0 aliphatic heterocycles. The van der Waals surface area contributed by atoms with E-state index in [0.717, 1.165) is 17.9 Å². The Labute approximate surface area is 159 Å². The van der Waals surface area contributed by atoms with Crippen LogP contribution >= 0.6 is 0 Å². The van der Waals surface area contributed by atoms with Gasteiger partial charge in [-0.1, -0.05) is 0 Å². The van der Waals surface area contributed by atoms with E-state index in [1.807, 2.05) is 0 Å². The smallest absolute Gasteiger partial charge is 0.196 e. The van der Waals surface area contributed by atoms with Gasteiger partial charge in [0.2, 0.25) is 0 Å². The molecular weight excluding hydrogens is 373 g/mol. The summed E-state index contributed by atoms with van der Waals surface area (Å²) in [5, 5.41) is 5.62. The predicted octanol–water partition coefficient (Wildman–Crippen LogP) is 4.14. The summed E-state index contributed by atoms with van der Waals surface area (Å²) in [5.74, 6) is -2.01. The van der Waals surface area contributed by atoms with E-state index in [0.29, 0.717) is 24.7 Å². The molecule has 3 rings (SSSR count). The van der Waals surface area contributed by atoms with Gasteiger partial charge < -0.3 is 20.1 Å². The molecule has 0 bridgehead atoms. The van der Waals surface area contributed by atoms with Crippen molar-refractivity contribution in [1.29, 1.82) is 0 Å². The maximum absolute atomic E-state index is 13.7. The van der Waals surface area contributed by atoms with Crippen LogP contribution in [0.4, 0.5) is 30.5 Å². The number of nitrogens with zero attached hydrogens (tertiary/aromatic N) is 2. The van der Waals surface area contributed by atoms with Crippen LogP contribution < -0.4 is 20.1 Å². The van der Waals surface area contributed by atoms with Crippen LogP contribution in [0.3, 0.4) is 0 Å². The van der Waals surface area contributed by atoms with Crippen LogP contribution in [0.15, 0.2) is 48.8 Å². The van der Waals surface area contributed by atoms with Crippen LogP contribution in [0.2, 0.25) is 0 Å². The molecule has 0 spiro atoms. The molecule has 2 N–H and O–H groups in total. The topological polar surface area (TPSA) is 68.3 Å². The SMILES string of the molecule is COc1ccc(OCCNc2cc(Nc3ccc(F)c(F)c3F)ncn2)cc1. The van der Waals surface area contributed by atoms with Gasteiger partial charge in [-0.2, -0.15) is 0 Å². The average molecular weight is 390 g/mol. The van der Waals surface area contributed by atoms with Gasteiger partial charge in [-0.3, -0.25) is 0 Å². The van der Waals surface area contributed by atoms with Gasteiger partial charge in [-0.05, 0) is 36.4 Å².